The van der Waals surface area contributed by atoms with Crippen molar-refractivity contribution < 1.29 is 14.3 Å². The Morgan fingerprint density at radius 2 is 1.86 bits per heavy atom. The number of carbonyl (C=O) groups is 2. The van der Waals surface area contributed by atoms with E-state index in [0.29, 0.717) is 18.2 Å². The van der Waals surface area contributed by atoms with Crippen LogP contribution in [-0.2, 0) is 9.53 Å². The molecule has 0 aliphatic rings. The number of pyridine rings is 1. The van der Waals surface area contributed by atoms with Crippen molar-refractivity contribution >= 4 is 47.6 Å². The van der Waals surface area contributed by atoms with E-state index in [2.05, 4.69) is 31.2 Å². The second kappa shape index (κ2) is 11.7. The maximum atomic E-state index is 12.0. The Balaban J connectivity index is 0.00000729. The third-order valence-corrected chi connectivity index (χ3v) is 3.12. The molecule has 28 heavy (non-hydrogen) atoms. The van der Waals surface area contributed by atoms with Gasteiger partial charge in [0.1, 0.15) is 5.60 Å². The van der Waals surface area contributed by atoms with E-state index in [4.69, 9.17) is 4.74 Å². The molecule has 0 saturated carbocycles. The van der Waals surface area contributed by atoms with E-state index in [-0.39, 0.29) is 36.4 Å². The van der Waals surface area contributed by atoms with Gasteiger partial charge in [0.25, 0.3) is 0 Å². The van der Waals surface area contributed by atoms with Crippen LogP contribution in [0.2, 0.25) is 0 Å². The molecule has 1 rings (SSSR count). The van der Waals surface area contributed by atoms with Gasteiger partial charge in [0.05, 0.1) is 24.0 Å². The molecule has 0 aliphatic heterocycles. The van der Waals surface area contributed by atoms with E-state index in [1.54, 1.807) is 52.3 Å². The predicted molar refractivity (Wildman–Crippen MR) is 121 cm³/mol. The monoisotopic (exact) mass is 506 g/mol. The van der Waals surface area contributed by atoms with Crippen molar-refractivity contribution in [1.82, 2.24) is 20.9 Å². The van der Waals surface area contributed by atoms with Crippen molar-refractivity contribution in [2.45, 2.75) is 45.8 Å². The number of guanidine groups is 1. The molecular formula is C18H31IN6O3. The Hall–Kier alpha value is -2.11. The first-order valence-corrected chi connectivity index (χ1v) is 8.66. The number of alkyl carbamates (subject to hydrolysis) is 1. The molecule has 0 bridgehead atoms. The van der Waals surface area contributed by atoms with Crippen LogP contribution in [0, 0.1) is 0 Å². The van der Waals surface area contributed by atoms with Crippen LogP contribution < -0.4 is 21.3 Å². The van der Waals surface area contributed by atoms with Crippen molar-refractivity contribution in [2.24, 2.45) is 4.99 Å². The zero-order valence-corrected chi connectivity index (χ0v) is 19.6. The molecule has 0 aliphatic carbocycles. The Kier molecular flexibility index (Phi) is 10.8. The number of carbonyl (C=O) groups excluding carboxylic acids is 2. The van der Waals surface area contributed by atoms with E-state index in [1.165, 1.54) is 0 Å². The van der Waals surface area contributed by atoms with Crippen LogP contribution in [0.3, 0.4) is 0 Å². The number of nitrogens with one attached hydrogen (secondary N) is 4. The van der Waals surface area contributed by atoms with Gasteiger partial charge in [-0.3, -0.25) is 14.8 Å². The lowest BCUT2D eigenvalue weighted by atomic mass is 10.1. The minimum atomic E-state index is -0.585. The lowest BCUT2D eigenvalue weighted by molar-refractivity contribution is -0.115. The Labute approximate surface area is 183 Å². The number of rotatable bonds is 6. The number of hydrogen-bond donors (Lipinski definition) is 4. The summed E-state index contributed by atoms with van der Waals surface area (Å²) in [6.07, 6.45) is 2.70. The van der Waals surface area contributed by atoms with Gasteiger partial charge in [-0.1, -0.05) is 0 Å². The number of anilines is 1. The standard InChI is InChI=1S/C18H30N6O3.HI/c1-17(2,3)27-16(26)24-18(4,5)12-22-15(19-6)21-11-14(25)23-13-8-7-9-20-10-13;/h7-10H,11-12H2,1-6H3,(H,23,25)(H,24,26)(H2,19,21,22);1H. The summed E-state index contributed by atoms with van der Waals surface area (Å²) in [5.74, 6) is 0.215. The molecule has 0 fully saturated rings. The molecule has 9 nitrogen and oxygen atoms in total. The van der Waals surface area contributed by atoms with Crippen molar-refractivity contribution in [2.75, 3.05) is 25.5 Å². The van der Waals surface area contributed by atoms with Crippen molar-refractivity contribution in [3.63, 3.8) is 0 Å². The second-order valence-electron chi connectivity index (χ2n) is 7.58. The van der Waals surface area contributed by atoms with Crippen LogP contribution in [0.4, 0.5) is 10.5 Å². The lowest BCUT2D eigenvalue weighted by Gasteiger charge is -2.29. The van der Waals surface area contributed by atoms with Gasteiger partial charge in [-0.2, -0.15) is 0 Å². The number of aliphatic imine (C=N–C) groups is 1. The Bertz CT molecular complexity index is 659. The van der Waals surface area contributed by atoms with Crippen molar-refractivity contribution in [1.29, 1.82) is 0 Å². The van der Waals surface area contributed by atoms with Gasteiger partial charge in [-0.15, -0.1) is 24.0 Å². The van der Waals surface area contributed by atoms with Gasteiger partial charge >= 0.3 is 6.09 Å². The fraction of sp³-hybridized carbons (Fsp3) is 0.556. The summed E-state index contributed by atoms with van der Waals surface area (Å²) in [6, 6.07) is 3.49. The van der Waals surface area contributed by atoms with Crippen molar-refractivity contribution in [3.05, 3.63) is 24.5 Å². The smallest absolute Gasteiger partial charge is 0.408 e. The number of amides is 2. The molecule has 0 spiro atoms. The Morgan fingerprint density at radius 3 is 2.39 bits per heavy atom. The highest BCUT2D eigenvalue weighted by molar-refractivity contribution is 14.0. The summed E-state index contributed by atoms with van der Waals surface area (Å²) >= 11 is 0. The number of ether oxygens (including phenoxy) is 1. The number of nitrogens with zero attached hydrogens (tertiary/aromatic N) is 2. The maximum Gasteiger partial charge on any atom is 0.408 e. The van der Waals surface area contributed by atoms with Gasteiger partial charge < -0.3 is 26.0 Å². The minimum Gasteiger partial charge on any atom is -0.444 e. The fourth-order valence-electron chi connectivity index (χ4n) is 1.96. The zero-order valence-electron chi connectivity index (χ0n) is 17.3. The molecule has 1 heterocycles. The van der Waals surface area contributed by atoms with Gasteiger partial charge in [-0.05, 0) is 46.8 Å². The van der Waals surface area contributed by atoms with E-state index in [9.17, 15) is 9.59 Å². The summed E-state index contributed by atoms with van der Waals surface area (Å²) < 4.78 is 5.26. The van der Waals surface area contributed by atoms with Crippen LogP contribution in [-0.4, -0.2) is 54.2 Å². The molecule has 4 N–H and O–H groups in total. The molecular weight excluding hydrogens is 475 g/mol. The average molecular weight is 506 g/mol. The topological polar surface area (TPSA) is 117 Å². The summed E-state index contributed by atoms with van der Waals surface area (Å²) in [5, 5.41) is 11.5. The van der Waals surface area contributed by atoms with E-state index >= 15 is 0 Å². The maximum absolute atomic E-state index is 12.0. The van der Waals surface area contributed by atoms with Crippen LogP contribution in [0.1, 0.15) is 34.6 Å². The summed E-state index contributed by atoms with van der Waals surface area (Å²) in [6.45, 7) is 9.55. The highest BCUT2D eigenvalue weighted by Crippen LogP contribution is 2.09. The molecule has 0 atom stereocenters. The number of halogens is 1. The number of aromatic nitrogens is 1. The van der Waals surface area contributed by atoms with Gasteiger partial charge in [0.15, 0.2) is 5.96 Å². The highest BCUT2D eigenvalue weighted by atomic mass is 127. The van der Waals surface area contributed by atoms with Crippen LogP contribution >= 0.6 is 24.0 Å². The molecule has 2 amide bonds. The summed E-state index contributed by atoms with van der Waals surface area (Å²) in [7, 11) is 1.60. The molecule has 1 aromatic heterocycles. The third kappa shape index (κ3) is 11.6. The first-order chi connectivity index (χ1) is 12.5. The van der Waals surface area contributed by atoms with Crippen molar-refractivity contribution in [3.8, 4) is 0 Å². The zero-order chi connectivity index (χ0) is 20.5. The molecule has 0 radical (unpaired) electrons. The molecule has 0 saturated heterocycles. The first-order valence-electron chi connectivity index (χ1n) is 8.66. The molecule has 158 valence electrons. The van der Waals surface area contributed by atoms with Gasteiger partial charge in [-0.25, -0.2) is 4.79 Å². The normalized spacial score (nSPS) is 11.7. The average Bonchev–Trinajstić information content (AvgIpc) is 2.53. The molecule has 0 unspecified atom stereocenters. The van der Waals surface area contributed by atoms with E-state index in [0.717, 1.165) is 0 Å². The predicted octanol–water partition coefficient (Wildman–Crippen LogP) is 2.11. The fourth-order valence-corrected chi connectivity index (χ4v) is 1.96. The van der Waals surface area contributed by atoms with E-state index in [1.807, 2.05) is 13.8 Å². The molecule has 1 aromatic rings. The molecule has 0 aromatic carbocycles. The van der Waals surface area contributed by atoms with Gasteiger partial charge in [0.2, 0.25) is 5.91 Å². The van der Waals surface area contributed by atoms with Crippen LogP contribution in [0.5, 0.6) is 0 Å². The quantitative estimate of drug-likeness (QED) is 0.267. The van der Waals surface area contributed by atoms with Crippen LogP contribution in [0.15, 0.2) is 29.5 Å². The van der Waals surface area contributed by atoms with Gasteiger partial charge in [0, 0.05) is 19.8 Å². The third-order valence-electron chi connectivity index (χ3n) is 3.12. The highest BCUT2D eigenvalue weighted by Gasteiger charge is 2.24. The minimum absolute atomic E-state index is 0. The van der Waals surface area contributed by atoms with E-state index < -0.39 is 17.2 Å². The first kappa shape index (κ1) is 25.9. The largest absolute Gasteiger partial charge is 0.444 e. The lowest BCUT2D eigenvalue weighted by Crippen LogP contribution is -2.54. The molecule has 10 heteroatoms. The SMILES string of the molecule is CN=C(NCC(=O)Nc1cccnc1)NCC(C)(C)NC(=O)OC(C)(C)C.I. The second-order valence-corrected chi connectivity index (χ2v) is 7.58. The summed E-state index contributed by atoms with van der Waals surface area (Å²) in [5.41, 5.74) is -0.528. The Morgan fingerprint density at radius 1 is 1.18 bits per heavy atom. The van der Waals surface area contributed by atoms with Crippen LogP contribution in [0.25, 0.3) is 0 Å². The number of hydrogen-bond acceptors (Lipinski definition) is 5. The summed E-state index contributed by atoms with van der Waals surface area (Å²) in [4.78, 5) is 31.9.